The van der Waals surface area contributed by atoms with Gasteiger partial charge in [-0.05, 0) is 37.8 Å². The summed E-state index contributed by atoms with van der Waals surface area (Å²) in [5.41, 5.74) is 0.908. The zero-order valence-electron chi connectivity index (χ0n) is 13.0. The molecule has 4 heteroatoms. The first-order chi connectivity index (χ1) is 9.65. The molecule has 3 unspecified atom stereocenters. The van der Waals surface area contributed by atoms with Gasteiger partial charge in [-0.3, -0.25) is 4.40 Å². The number of nitrogens with one attached hydrogen (secondary N) is 1. The fourth-order valence-corrected chi connectivity index (χ4v) is 2.59. The highest BCUT2D eigenvalue weighted by atomic mass is 15.3. The summed E-state index contributed by atoms with van der Waals surface area (Å²) in [4.78, 5) is 0. The predicted octanol–water partition coefficient (Wildman–Crippen LogP) is 3.59. The molecule has 0 amide bonds. The molecule has 2 aromatic rings. The maximum Gasteiger partial charge on any atom is 0.160 e. The van der Waals surface area contributed by atoms with E-state index in [2.05, 4.69) is 47.6 Å². The van der Waals surface area contributed by atoms with Crippen LogP contribution in [0, 0.1) is 5.92 Å². The van der Waals surface area contributed by atoms with Gasteiger partial charge in [-0.15, -0.1) is 10.2 Å². The second-order valence-corrected chi connectivity index (χ2v) is 5.73. The lowest BCUT2D eigenvalue weighted by molar-refractivity contribution is 0.353. The first kappa shape index (κ1) is 15.0. The van der Waals surface area contributed by atoms with E-state index < -0.39 is 0 Å². The fourth-order valence-electron chi connectivity index (χ4n) is 2.59. The highest BCUT2D eigenvalue weighted by molar-refractivity contribution is 5.37. The van der Waals surface area contributed by atoms with E-state index in [1.54, 1.807) is 0 Å². The van der Waals surface area contributed by atoms with Crippen LogP contribution < -0.4 is 5.32 Å². The van der Waals surface area contributed by atoms with Crippen molar-refractivity contribution in [1.82, 2.24) is 19.9 Å². The molecule has 110 valence electrons. The minimum atomic E-state index is 0.210. The van der Waals surface area contributed by atoms with Crippen LogP contribution in [0.3, 0.4) is 0 Å². The zero-order chi connectivity index (χ0) is 14.5. The fraction of sp³-hybridized carbons (Fsp3) is 0.625. The minimum Gasteiger partial charge on any atom is -0.305 e. The van der Waals surface area contributed by atoms with Gasteiger partial charge in [0.1, 0.15) is 0 Å². The van der Waals surface area contributed by atoms with Gasteiger partial charge in [0.05, 0.1) is 6.04 Å². The van der Waals surface area contributed by atoms with Crippen LogP contribution >= 0.6 is 0 Å². The Labute approximate surface area is 121 Å². The summed E-state index contributed by atoms with van der Waals surface area (Å²) in [6.07, 6.45) is 5.62. The lowest BCUT2D eigenvalue weighted by Gasteiger charge is -2.23. The van der Waals surface area contributed by atoms with E-state index in [1.165, 1.54) is 12.8 Å². The highest BCUT2D eigenvalue weighted by Gasteiger charge is 2.18. The molecular formula is C16H26N4. The number of fused-ring (bicyclic) bond motifs is 1. The quantitative estimate of drug-likeness (QED) is 0.839. The third kappa shape index (κ3) is 3.37. The Bertz CT molecular complexity index is 534. The van der Waals surface area contributed by atoms with E-state index in [0.29, 0.717) is 6.04 Å². The van der Waals surface area contributed by atoms with E-state index in [0.717, 1.165) is 23.8 Å². The molecule has 0 bridgehead atoms. The van der Waals surface area contributed by atoms with Gasteiger partial charge in [-0.25, -0.2) is 0 Å². The van der Waals surface area contributed by atoms with Gasteiger partial charge in [-0.2, -0.15) is 0 Å². The second kappa shape index (κ2) is 6.84. The van der Waals surface area contributed by atoms with Crippen molar-refractivity contribution < 1.29 is 0 Å². The average molecular weight is 274 g/mol. The summed E-state index contributed by atoms with van der Waals surface area (Å²) in [6.45, 7) is 8.99. The number of rotatable bonds is 7. The Morgan fingerprint density at radius 2 is 1.95 bits per heavy atom. The Balaban J connectivity index is 2.08. The van der Waals surface area contributed by atoms with Gasteiger partial charge in [-0.1, -0.05) is 33.3 Å². The van der Waals surface area contributed by atoms with Crippen molar-refractivity contribution in [3.63, 3.8) is 0 Å². The van der Waals surface area contributed by atoms with Crippen molar-refractivity contribution in [3.05, 3.63) is 30.2 Å². The summed E-state index contributed by atoms with van der Waals surface area (Å²) in [5.74, 6) is 1.75. The number of hydrogen-bond donors (Lipinski definition) is 1. The van der Waals surface area contributed by atoms with Crippen LogP contribution in [0.15, 0.2) is 24.4 Å². The largest absolute Gasteiger partial charge is 0.305 e. The zero-order valence-corrected chi connectivity index (χ0v) is 13.0. The van der Waals surface area contributed by atoms with Crippen molar-refractivity contribution in [2.24, 2.45) is 5.92 Å². The van der Waals surface area contributed by atoms with Crippen molar-refractivity contribution in [3.8, 4) is 0 Å². The van der Waals surface area contributed by atoms with Gasteiger partial charge < -0.3 is 5.32 Å². The molecule has 0 aliphatic heterocycles. The van der Waals surface area contributed by atoms with Gasteiger partial charge in [0.25, 0.3) is 0 Å². The topological polar surface area (TPSA) is 42.2 Å². The first-order valence-electron chi connectivity index (χ1n) is 7.71. The van der Waals surface area contributed by atoms with Gasteiger partial charge in [0, 0.05) is 12.2 Å². The van der Waals surface area contributed by atoms with Gasteiger partial charge in [0.15, 0.2) is 11.5 Å². The van der Waals surface area contributed by atoms with Crippen molar-refractivity contribution in [2.75, 3.05) is 0 Å². The summed E-state index contributed by atoms with van der Waals surface area (Å²) < 4.78 is 2.06. The maximum atomic E-state index is 4.33. The monoisotopic (exact) mass is 274 g/mol. The molecule has 0 saturated heterocycles. The van der Waals surface area contributed by atoms with Crippen molar-refractivity contribution >= 4 is 5.65 Å². The molecule has 0 aliphatic carbocycles. The molecule has 2 aromatic heterocycles. The highest BCUT2D eigenvalue weighted by Crippen LogP contribution is 2.17. The predicted molar refractivity (Wildman–Crippen MR) is 82.7 cm³/mol. The molecule has 20 heavy (non-hydrogen) atoms. The molecule has 0 spiro atoms. The number of pyridine rings is 1. The Morgan fingerprint density at radius 3 is 2.65 bits per heavy atom. The van der Waals surface area contributed by atoms with Crippen LogP contribution in [0.4, 0.5) is 0 Å². The first-order valence-corrected chi connectivity index (χ1v) is 7.71. The second-order valence-electron chi connectivity index (χ2n) is 5.73. The van der Waals surface area contributed by atoms with Crippen LogP contribution in [0.5, 0.6) is 0 Å². The molecule has 0 radical (unpaired) electrons. The van der Waals surface area contributed by atoms with Crippen LogP contribution in [0.1, 0.15) is 58.8 Å². The van der Waals surface area contributed by atoms with Crippen LogP contribution in [-0.4, -0.2) is 20.6 Å². The lowest BCUT2D eigenvalue weighted by atomic mass is 9.97. The maximum absolute atomic E-state index is 4.33. The molecule has 2 rings (SSSR count). The molecular weight excluding hydrogens is 248 g/mol. The molecule has 0 aromatic carbocycles. The van der Waals surface area contributed by atoms with E-state index in [4.69, 9.17) is 0 Å². The van der Waals surface area contributed by atoms with Crippen molar-refractivity contribution in [2.45, 2.75) is 59.0 Å². The lowest BCUT2D eigenvalue weighted by Crippen LogP contribution is -2.33. The average Bonchev–Trinajstić information content (AvgIpc) is 2.90. The SMILES string of the molecule is CCC(C)CC(CC)NC(C)c1nnc2ccccn12. The standard InChI is InChI=1S/C16H26N4/c1-5-12(3)11-14(6-2)17-13(4)16-19-18-15-9-7-8-10-20(15)16/h7-10,12-14,17H,5-6,11H2,1-4H3. The van der Waals surface area contributed by atoms with E-state index >= 15 is 0 Å². The molecule has 1 N–H and O–H groups in total. The number of hydrogen-bond acceptors (Lipinski definition) is 3. The van der Waals surface area contributed by atoms with Gasteiger partial charge in [0.2, 0.25) is 0 Å². The van der Waals surface area contributed by atoms with Crippen molar-refractivity contribution in [1.29, 1.82) is 0 Å². The molecule has 4 nitrogen and oxygen atoms in total. The van der Waals surface area contributed by atoms with Gasteiger partial charge >= 0.3 is 0 Å². The molecule has 0 saturated carbocycles. The third-order valence-corrected chi connectivity index (χ3v) is 4.09. The number of aromatic nitrogens is 3. The Hall–Kier alpha value is -1.42. The van der Waals surface area contributed by atoms with Crippen LogP contribution in [0.2, 0.25) is 0 Å². The summed E-state index contributed by atoms with van der Waals surface area (Å²) in [6, 6.07) is 6.74. The van der Waals surface area contributed by atoms with E-state index in [-0.39, 0.29) is 6.04 Å². The van der Waals surface area contributed by atoms with Crippen LogP contribution in [0.25, 0.3) is 5.65 Å². The van der Waals surface area contributed by atoms with E-state index in [1.807, 2.05) is 24.4 Å². The molecule has 3 atom stereocenters. The van der Waals surface area contributed by atoms with E-state index in [9.17, 15) is 0 Å². The third-order valence-electron chi connectivity index (χ3n) is 4.09. The summed E-state index contributed by atoms with van der Waals surface area (Å²) >= 11 is 0. The van der Waals surface area contributed by atoms with Crippen LogP contribution in [-0.2, 0) is 0 Å². The summed E-state index contributed by atoms with van der Waals surface area (Å²) in [7, 11) is 0. The molecule has 2 heterocycles. The smallest absolute Gasteiger partial charge is 0.160 e. The minimum absolute atomic E-state index is 0.210. The molecule has 0 aliphatic rings. The molecule has 0 fully saturated rings. The Morgan fingerprint density at radius 1 is 1.15 bits per heavy atom. The Kier molecular flexibility index (Phi) is 5.12. The summed E-state index contributed by atoms with van der Waals surface area (Å²) in [5, 5.41) is 12.3. The number of nitrogens with zero attached hydrogens (tertiary/aromatic N) is 3. The normalized spacial score (nSPS) is 16.2.